The molecule has 0 aliphatic heterocycles. The predicted octanol–water partition coefficient (Wildman–Crippen LogP) is 6.31. The molecule has 0 fully saturated rings. The van der Waals surface area contributed by atoms with Gasteiger partial charge >= 0.3 is 12.4 Å². The average Bonchev–Trinajstić information content (AvgIpc) is 3.17. The highest BCUT2D eigenvalue weighted by Crippen LogP contribution is 2.31. The topological polar surface area (TPSA) is 90.3 Å². The van der Waals surface area contributed by atoms with Crippen LogP contribution < -0.4 is 15.4 Å². The highest BCUT2D eigenvalue weighted by molar-refractivity contribution is 6.32. The highest BCUT2D eigenvalue weighted by Gasteiger charge is 2.31. The molecule has 0 aliphatic rings. The van der Waals surface area contributed by atoms with Crippen LogP contribution >= 0.6 is 11.6 Å². The fourth-order valence-corrected chi connectivity index (χ4v) is 3.09. The Hall–Kier alpha value is -4.25. The number of urea groups is 1. The van der Waals surface area contributed by atoms with E-state index in [2.05, 4.69) is 32.0 Å². The lowest BCUT2D eigenvalue weighted by Crippen LogP contribution is -2.29. The molecule has 0 saturated heterocycles. The summed E-state index contributed by atoms with van der Waals surface area (Å²) in [7, 11) is 0. The third kappa shape index (κ3) is 7.64. The number of rotatable bonds is 9. The summed E-state index contributed by atoms with van der Waals surface area (Å²) in [5.74, 6) is -0.0730. The molecule has 0 atom stereocenters. The maximum atomic E-state index is 12.4. The average molecular weight is 520 g/mol. The molecule has 36 heavy (non-hydrogen) atoms. The summed E-state index contributed by atoms with van der Waals surface area (Å²) in [5, 5.41) is 9.95. The van der Waals surface area contributed by atoms with E-state index in [1.165, 1.54) is 17.0 Å². The molecule has 0 bridgehead atoms. The van der Waals surface area contributed by atoms with Gasteiger partial charge in [0.1, 0.15) is 11.4 Å². The minimum Gasteiger partial charge on any atom is -0.418 e. The first-order valence-corrected chi connectivity index (χ1v) is 10.8. The number of hydrogen-bond donors (Lipinski definition) is 2. The van der Waals surface area contributed by atoms with Crippen molar-refractivity contribution in [3.05, 3.63) is 96.0 Å². The van der Waals surface area contributed by atoms with Gasteiger partial charge in [-0.05, 0) is 43.3 Å². The second kappa shape index (κ2) is 11.9. The summed E-state index contributed by atoms with van der Waals surface area (Å²) in [4.78, 5) is 16.5. The van der Waals surface area contributed by atoms with Gasteiger partial charge in [-0.1, -0.05) is 42.5 Å². The lowest BCUT2D eigenvalue weighted by atomic mass is 10.3. The number of halogens is 4. The number of para-hydroxylation sites is 1. The molecule has 2 N–H and O–H groups in total. The van der Waals surface area contributed by atoms with Crippen LogP contribution in [-0.2, 0) is 4.74 Å². The molecule has 2 aromatic heterocycles. The number of hydrogen-bond acceptors (Lipinski definition) is 5. The molecule has 0 radical (unpaired) electrons. The van der Waals surface area contributed by atoms with Crippen LogP contribution in [0, 0.1) is 6.92 Å². The number of benzene rings is 1. The van der Waals surface area contributed by atoms with Gasteiger partial charge < -0.3 is 20.1 Å². The van der Waals surface area contributed by atoms with E-state index in [9.17, 15) is 18.0 Å². The van der Waals surface area contributed by atoms with Gasteiger partial charge in [-0.3, -0.25) is 0 Å². The second-order valence-corrected chi connectivity index (χ2v) is 7.44. The first-order valence-electron chi connectivity index (χ1n) is 10.4. The number of aromatic nitrogens is 3. The van der Waals surface area contributed by atoms with Crippen LogP contribution in [0.3, 0.4) is 0 Å². The van der Waals surface area contributed by atoms with Crippen molar-refractivity contribution in [3.8, 4) is 17.4 Å². The fourth-order valence-electron chi connectivity index (χ4n) is 2.88. The van der Waals surface area contributed by atoms with Crippen LogP contribution in [0.15, 0.2) is 85.3 Å². The van der Waals surface area contributed by atoms with Crippen LogP contribution in [0.2, 0.25) is 5.02 Å². The van der Waals surface area contributed by atoms with Gasteiger partial charge in [-0.25, -0.2) is 9.78 Å². The summed E-state index contributed by atoms with van der Waals surface area (Å²) in [6, 6.07) is 11.3. The molecular weight excluding hydrogens is 499 g/mol. The lowest BCUT2D eigenvalue weighted by Gasteiger charge is -2.13. The van der Waals surface area contributed by atoms with E-state index in [1.807, 2.05) is 0 Å². The van der Waals surface area contributed by atoms with Gasteiger partial charge in [0, 0.05) is 18.8 Å². The number of anilines is 1. The normalized spacial score (nSPS) is 11.9. The zero-order chi connectivity index (χ0) is 26.1. The molecule has 3 aromatic rings. The molecule has 2 amide bonds. The molecular formula is C24H21ClF3N5O3. The highest BCUT2D eigenvalue weighted by atomic mass is 35.5. The summed E-state index contributed by atoms with van der Waals surface area (Å²) in [5.41, 5.74) is 1.51. The summed E-state index contributed by atoms with van der Waals surface area (Å²) in [6.45, 7) is 5.03. The van der Waals surface area contributed by atoms with Gasteiger partial charge in [0.2, 0.25) is 11.8 Å². The van der Waals surface area contributed by atoms with E-state index in [0.717, 1.165) is 18.2 Å². The predicted molar refractivity (Wildman–Crippen MR) is 129 cm³/mol. The summed E-state index contributed by atoms with van der Waals surface area (Å²) < 4.78 is 48.5. The fraction of sp³-hybridized carbons (Fsp3) is 0.125. The van der Waals surface area contributed by atoms with Gasteiger partial charge in [0.05, 0.1) is 16.4 Å². The second-order valence-electron chi connectivity index (χ2n) is 7.04. The minimum absolute atomic E-state index is 0.0868. The van der Waals surface area contributed by atoms with E-state index in [-0.39, 0.29) is 18.1 Å². The molecule has 3 rings (SSSR count). The van der Waals surface area contributed by atoms with E-state index in [4.69, 9.17) is 16.3 Å². The maximum Gasteiger partial charge on any atom is 0.573 e. The number of aryl methyl sites for hydroxylation is 1. The van der Waals surface area contributed by atoms with Crippen molar-refractivity contribution in [1.82, 2.24) is 20.1 Å². The van der Waals surface area contributed by atoms with E-state index in [0.29, 0.717) is 22.3 Å². The minimum atomic E-state index is -4.85. The smallest absolute Gasteiger partial charge is 0.418 e. The van der Waals surface area contributed by atoms with Crippen LogP contribution in [0.5, 0.6) is 11.8 Å². The molecule has 188 valence electrons. The van der Waals surface area contributed by atoms with Crippen LogP contribution in [0.4, 0.5) is 23.7 Å². The molecule has 0 saturated carbocycles. The van der Waals surface area contributed by atoms with Crippen LogP contribution in [0.1, 0.15) is 5.69 Å². The maximum absolute atomic E-state index is 12.4. The number of allylic oxidation sites excluding steroid dienone is 3. The SMILES string of the molecule is C=C/C=C(\C=C/CNC(=O)Nc1cccnc1Oc1cc(C)nn1-c1ccccc1Cl)OC(F)(F)F. The molecule has 8 nitrogen and oxygen atoms in total. The first-order chi connectivity index (χ1) is 17.2. The number of pyridine rings is 1. The van der Waals surface area contributed by atoms with Gasteiger partial charge in [-0.15, -0.1) is 13.2 Å². The van der Waals surface area contributed by atoms with E-state index in [1.54, 1.807) is 49.4 Å². The van der Waals surface area contributed by atoms with Gasteiger partial charge in [-0.2, -0.15) is 9.78 Å². The monoisotopic (exact) mass is 519 g/mol. The Morgan fingerprint density at radius 2 is 2.03 bits per heavy atom. The van der Waals surface area contributed by atoms with E-state index >= 15 is 0 Å². The van der Waals surface area contributed by atoms with E-state index < -0.39 is 18.2 Å². The van der Waals surface area contributed by atoms with Crippen LogP contribution in [-0.4, -0.2) is 33.7 Å². The third-order valence-electron chi connectivity index (χ3n) is 4.28. The zero-order valence-corrected chi connectivity index (χ0v) is 19.7. The van der Waals surface area contributed by atoms with Crippen molar-refractivity contribution in [2.45, 2.75) is 13.3 Å². The quantitative estimate of drug-likeness (QED) is 0.255. The summed E-state index contributed by atoms with van der Waals surface area (Å²) in [6.07, 6.45) is 1.17. The molecule has 2 heterocycles. The Balaban J connectivity index is 1.68. The lowest BCUT2D eigenvalue weighted by molar-refractivity contribution is -0.303. The first kappa shape index (κ1) is 26.4. The Bertz CT molecular complexity index is 1290. The van der Waals surface area contributed by atoms with Crippen molar-refractivity contribution < 1.29 is 27.4 Å². The Kier molecular flexibility index (Phi) is 8.74. The molecule has 0 spiro atoms. The Labute approximate surface area is 209 Å². The Morgan fingerprint density at radius 3 is 2.75 bits per heavy atom. The number of amides is 2. The van der Waals surface area contributed by atoms with Crippen molar-refractivity contribution in [2.75, 3.05) is 11.9 Å². The van der Waals surface area contributed by atoms with Crippen molar-refractivity contribution >= 4 is 23.3 Å². The number of carbonyl (C=O) groups is 1. The van der Waals surface area contributed by atoms with Crippen molar-refractivity contribution in [1.29, 1.82) is 0 Å². The number of nitrogens with one attached hydrogen (secondary N) is 2. The molecule has 12 heteroatoms. The number of ether oxygens (including phenoxy) is 2. The zero-order valence-electron chi connectivity index (χ0n) is 18.9. The molecule has 1 aromatic carbocycles. The Morgan fingerprint density at radius 1 is 1.25 bits per heavy atom. The standard InChI is InChI=1S/C24H21ClF3N5O3/c1-3-8-17(36-24(26,27)28)9-6-14-30-23(34)31-19-11-7-13-29-22(19)35-21-15-16(2)32-33(21)20-12-5-4-10-18(20)25/h3-13,15H,1,14H2,2H3,(H2,30,31,34)/b9-6-,17-8+. The largest absolute Gasteiger partial charge is 0.573 e. The number of alkyl halides is 3. The molecule has 0 unspecified atom stereocenters. The van der Waals surface area contributed by atoms with Crippen molar-refractivity contribution in [2.24, 2.45) is 0 Å². The number of nitrogens with zero attached hydrogens (tertiary/aromatic N) is 3. The number of carbonyl (C=O) groups excluding carboxylic acids is 1. The van der Waals surface area contributed by atoms with Crippen LogP contribution in [0.25, 0.3) is 5.69 Å². The molecule has 0 aliphatic carbocycles. The van der Waals surface area contributed by atoms with Gasteiger partial charge in [0.15, 0.2) is 0 Å². The third-order valence-corrected chi connectivity index (χ3v) is 4.60. The van der Waals surface area contributed by atoms with Crippen molar-refractivity contribution in [3.63, 3.8) is 0 Å². The summed E-state index contributed by atoms with van der Waals surface area (Å²) >= 11 is 6.30. The van der Waals surface area contributed by atoms with Gasteiger partial charge in [0.25, 0.3) is 0 Å².